The summed E-state index contributed by atoms with van der Waals surface area (Å²) in [6, 6.07) is 19.0. The molecule has 0 aromatic heterocycles. The molecule has 2 aromatic carbocycles. The number of nitrogens with zero attached hydrogens (tertiary/aromatic N) is 1. The van der Waals surface area contributed by atoms with Crippen molar-refractivity contribution >= 4 is 17.7 Å². The van der Waals surface area contributed by atoms with Crippen LogP contribution < -0.4 is 0 Å². The summed E-state index contributed by atoms with van der Waals surface area (Å²) in [6.07, 6.45) is 2.07. The lowest BCUT2D eigenvalue weighted by molar-refractivity contribution is 0.0604. The van der Waals surface area contributed by atoms with Crippen LogP contribution in [0.3, 0.4) is 0 Å². The van der Waals surface area contributed by atoms with Crippen molar-refractivity contribution in [2.45, 2.75) is 11.3 Å². The van der Waals surface area contributed by atoms with Crippen LogP contribution in [0.25, 0.3) is 6.08 Å². The molecule has 5 rings (SSSR count). The first kappa shape index (κ1) is 14.3. The molecule has 1 aliphatic heterocycles. The van der Waals surface area contributed by atoms with Crippen LogP contribution in [0.5, 0.6) is 0 Å². The van der Waals surface area contributed by atoms with Gasteiger partial charge in [0.25, 0.3) is 0 Å². The highest BCUT2D eigenvalue weighted by Gasteiger charge is 2.68. The van der Waals surface area contributed by atoms with Gasteiger partial charge in [0, 0.05) is 27.8 Å². The van der Waals surface area contributed by atoms with Gasteiger partial charge in [-0.1, -0.05) is 48.0 Å². The molecule has 3 heteroatoms. The minimum absolute atomic E-state index is 0.0410. The van der Waals surface area contributed by atoms with E-state index < -0.39 is 0 Å². The molecule has 1 saturated heterocycles. The standard InChI is InChI=1S/C21H16ClNO/c22-16-7-5-13(6-8-16)19-18-11-24-12-21(18)17-4-2-1-3-14(17)9-15(10-23)20(19)21/h1-9,18-20H,11-12H2/t18-,19-,20?,21+/m0/s1. The van der Waals surface area contributed by atoms with Crippen LogP contribution in [-0.4, -0.2) is 13.2 Å². The summed E-state index contributed by atoms with van der Waals surface area (Å²) in [6.45, 7) is 1.47. The van der Waals surface area contributed by atoms with Gasteiger partial charge in [-0.25, -0.2) is 0 Å². The second-order valence-electron chi connectivity index (χ2n) is 7.02. The monoisotopic (exact) mass is 333 g/mol. The lowest BCUT2D eigenvalue weighted by Gasteiger charge is -2.59. The minimum atomic E-state index is -0.0410. The van der Waals surface area contributed by atoms with Crippen molar-refractivity contribution in [3.05, 3.63) is 75.8 Å². The topological polar surface area (TPSA) is 33.0 Å². The summed E-state index contributed by atoms with van der Waals surface area (Å²) < 4.78 is 5.95. The third-order valence-corrected chi connectivity index (χ3v) is 6.39. The molecular weight excluding hydrogens is 318 g/mol. The zero-order valence-electron chi connectivity index (χ0n) is 13.1. The van der Waals surface area contributed by atoms with Gasteiger partial charge in [-0.05, 0) is 40.8 Å². The summed E-state index contributed by atoms with van der Waals surface area (Å²) in [4.78, 5) is 0. The predicted molar refractivity (Wildman–Crippen MR) is 93.7 cm³/mol. The Morgan fingerprint density at radius 2 is 1.92 bits per heavy atom. The predicted octanol–water partition coefficient (Wildman–Crippen LogP) is 4.56. The van der Waals surface area contributed by atoms with Crippen LogP contribution in [0, 0.1) is 23.2 Å². The number of allylic oxidation sites excluding steroid dienone is 1. The van der Waals surface area contributed by atoms with Gasteiger partial charge >= 0.3 is 0 Å². The Balaban J connectivity index is 1.69. The first-order valence-corrected chi connectivity index (χ1v) is 8.68. The molecule has 2 nitrogen and oxygen atoms in total. The van der Waals surface area contributed by atoms with Crippen molar-refractivity contribution in [2.75, 3.05) is 13.2 Å². The third-order valence-electron chi connectivity index (χ3n) is 6.14. The molecule has 0 bridgehead atoms. The summed E-state index contributed by atoms with van der Waals surface area (Å²) in [5.74, 6) is 0.942. The fraction of sp³-hybridized carbons (Fsp3) is 0.286. The molecule has 1 spiro atoms. The Morgan fingerprint density at radius 1 is 1.12 bits per heavy atom. The van der Waals surface area contributed by atoms with Crippen LogP contribution in [0.15, 0.2) is 54.1 Å². The van der Waals surface area contributed by atoms with Crippen LogP contribution in [-0.2, 0) is 10.2 Å². The van der Waals surface area contributed by atoms with Gasteiger partial charge in [0.2, 0.25) is 0 Å². The molecule has 2 aromatic rings. The Hall–Kier alpha value is -2.08. The number of nitriles is 1. The van der Waals surface area contributed by atoms with E-state index in [4.69, 9.17) is 16.3 Å². The van der Waals surface area contributed by atoms with Crippen molar-refractivity contribution in [1.29, 1.82) is 5.26 Å². The average Bonchev–Trinajstić information content (AvgIpc) is 2.94. The van der Waals surface area contributed by atoms with Crippen molar-refractivity contribution in [1.82, 2.24) is 0 Å². The van der Waals surface area contributed by atoms with E-state index in [2.05, 4.69) is 42.5 Å². The number of hydrogen-bond acceptors (Lipinski definition) is 2. The van der Waals surface area contributed by atoms with Gasteiger partial charge in [0.1, 0.15) is 0 Å². The molecule has 118 valence electrons. The SMILES string of the molecule is N#CC1=Cc2ccccc2[C@]23COC[C@H]2[C@H](c2ccc(Cl)cc2)C13. The molecule has 2 fully saturated rings. The zero-order chi connectivity index (χ0) is 16.3. The lowest BCUT2D eigenvalue weighted by Crippen LogP contribution is -2.60. The molecule has 0 amide bonds. The minimum Gasteiger partial charge on any atom is -0.380 e. The Bertz CT molecular complexity index is 895. The number of rotatable bonds is 1. The van der Waals surface area contributed by atoms with E-state index in [0.29, 0.717) is 18.4 Å². The molecule has 1 heterocycles. The Labute approximate surface area is 146 Å². The van der Waals surface area contributed by atoms with E-state index in [9.17, 15) is 5.26 Å². The second kappa shape index (κ2) is 4.96. The van der Waals surface area contributed by atoms with Gasteiger partial charge in [-0.3, -0.25) is 0 Å². The fourth-order valence-corrected chi connectivity index (χ4v) is 5.35. The zero-order valence-corrected chi connectivity index (χ0v) is 13.8. The summed E-state index contributed by atoms with van der Waals surface area (Å²) in [5.41, 5.74) is 4.63. The number of ether oxygens (including phenoxy) is 1. The maximum Gasteiger partial charge on any atom is 0.0950 e. The smallest absolute Gasteiger partial charge is 0.0950 e. The second-order valence-corrected chi connectivity index (χ2v) is 7.45. The lowest BCUT2D eigenvalue weighted by atomic mass is 9.41. The van der Waals surface area contributed by atoms with E-state index in [-0.39, 0.29) is 11.3 Å². The molecule has 3 aliphatic rings. The average molecular weight is 334 g/mol. The van der Waals surface area contributed by atoms with Crippen LogP contribution in [0.2, 0.25) is 5.02 Å². The van der Waals surface area contributed by atoms with Crippen molar-refractivity contribution in [2.24, 2.45) is 11.8 Å². The van der Waals surface area contributed by atoms with Gasteiger partial charge in [0.05, 0.1) is 19.3 Å². The molecule has 0 N–H and O–H groups in total. The molecular formula is C21H16ClNO. The van der Waals surface area contributed by atoms with Crippen LogP contribution in [0.4, 0.5) is 0 Å². The number of benzene rings is 2. The molecule has 2 aliphatic carbocycles. The van der Waals surface area contributed by atoms with Gasteiger partial charge in [-0.15, -0.1) is 0 Å². The molecule has 4 atom stereocenters. The molecule has 1 unspecified atom stereocenters. The van der Waals surface area contributed by atoms with E-state index in [0.717, 1.165) is 17.2 Å². The highest BCUT2D eigenvalue weighted by atomic mass is 35.5. The number of fused-ring (bicyclic) bond motifs is 1. The van der Waals surface area contributed by atoms with E-state index in [1.165, 1.54) is 16.7 Å². The van der Waals surface area contributed by atoms with Crippen molar-refractivity contribution < 1.29 is 4.74 Å². The van der Waals surface area contributed by atoms with Gasteiger partial charge in [0.15, 0.2) is 0 Å². The normalized spacial score (nSPS) is 32.7. The highest BCUT2D eigenvalue weighted by Crippen LogP contribution is 2.68. The van der Waals surface area contributed by atoms with E-state index >= 15 is 0 Å². The Morgan fingerprint density at radius 3 is 2.71 bits per heavy atom. The highest BCUT2D eigenvalue weighted by molar-refractivity contribution is 6.30. The summed E-state index contributed by atoms with van der Waals surface area (Å²) in [7, 11) is 0. The first-order chi connectivity index (χ1) is 11.8. The molecule has 24 heavy (non-hydrogen) atoms. The van der Waals surface area contributed by atoms with E-state index in [1.807, 2.05) is 18.2 Å². The first-order valence-electron chi connectivity index (χ1n) is 8.30. The summed E-state index contributed by atoms with van der Waals surface area (Å²) >= 11 is 6.06. The Kier molecular flexibility index (Phi) is 2.95. The largest absolute Gasteiger partial charge is 0.380 e. The maximum absolute atomic E-state index is 9.78. The number of hydrogen-bond donors (Lipinski definition) is 0. The summed E-state index contributed by atoms with van der Waals surface area (Å²) in [5, 5.41) is 10.5. The van der Waals surface area contributed by atoms with Gasteiger partial charge in [-0.2, -0.15) is 5.26 Å². The quantitative estimate of drug-likeness (QED) is 0.766. The van der Waals surface area contributed by atoms with Crippen molar-refractivity contribution in [3.63, 3.8) is 0 Å². The number of halogens is 1. The van der Waals surface area contributed by atoms with Crippen LogP contribution >= 0.6 is 11.6 Å². The molecule has 0 radical (unpaired) electrons. The third kappa shape index (κ3) is 1.64. The van der Waals surface area contributed by atoms with E-state index in [1.54, 1.807) is 0 Å². The van der Waals surface area contributed by atoms with Crippen LogP contribution in [0.1, 0.15) is 22.6 Å². The van der Waals surface area contributed by atoms with Crippen molar-refractivity contribution in [3.8, 4) is 6.07 Å². The maximum atomic E-state index is 9.78. The van der Waals surface area contributed by atoms with Gasteiger partial charge < -0.3 is 4.74 Å². The molecule has 1 saturated carbocycles. The fourth-order valence-electron chi connectivity index (χ4n) is 5.22.